The van der Waals surface area contributed by atoms with E-state index in [4.69, 9.17) is 0 Å². The molecule has 0 aliphatic rings. The van der Waals surface area contributed by atoms with Gasteiger partial charge in [-0.15, -0.1) is 0 Å². The average Bonchev–Trinajstić information content (AvgIpc) is 2.74. The standard InChI is InChI=1S/C13H15F2N3O/c1-3-18-12(16-8-17-18)7-13(2,19)9-4-10(14)6-11(15)5-9/h4-6,8,19H,3,7H2,1-2H3. The summed E-state index contributed by atoms with van der Waals surface area (Å²) in [7, 11) is 0. The maximum atomic E-state index is 13.2. The van der Waals surface area contributed by atoms with Gasteiger partial charge < -0.3 is 5.11 Å². The fourth-order valence-electron chi connectivity index (χ4n) is 1.96. The number of nitrogens with zero attached hydrogens (tertiary/aromatic N) is 3. The van der Waals surface area contributed by atoms with Crippen molar-refractivity contribution in [3.8, 4) is 0 Å². The zero-order valence-corrected chi connectivity index (χ0v) is 10.8. The normalized spacial score (nSPS) is 14.4. The first-order valence-electron chi connectivity index (χ1n) is 5.98. The van der Waals surface area contributed by atoms with E-state index in [9.17, 15) is 13.9 Å². The van der Waals surface area contributed by atoms with Crippen molar-refractivity contribution in [2.75, 3.05) is 0 Å². The molecule has 1 heterocycles. The van der Waals surface area contributed by atoms with Gasteiger partial charge in [-0.05, 0) is 31.5 Å². The predicted octanol–water partition coefficient (Wildman–Crippen LogP) is 2.03. The molecule has 1 N–H and O–H groups in total. The lowest BCUT2D eigenvalue weighted by Crippen LogP contribution is -2.26. The Labute approximate surface area is 109 Å². The summed E-state index contributed by atoms with van der Waals surface area (Å²) < 4.78 is 28.0. The van der Waals surface area contributed by atoms with Crippen molar-refractivity contribution >= 4 is 0 Å². The molecule has 2 rings (SSSR count). The van der Waals surface area contributed by atoms with Gasteiger partial charge in [-0.1, -0.05) is 0 Å². The van der Waals surface area contributed by atoms with Gasteiger partial charge in [0, 0.05) is 19.0 Å². The Kier molecular flexibility index (Phi) is 3.61. The van der Waals surface area contributed by atoms with E-state index in [0.717, 1.165) is 18.2 Å². The average molecular weight is 267 g/mol. The Balaban J connectivity index is 2.31. The topological polar surface area (TPSA) is 50.9 Å². The highest BCUT2D eigenvalue weighted by molar-refractivity contribution is 5.24. The summed E-state index contributed by atoms with van der Waals surface area (Å²) in [6, 6.07) is 3.01. The number of halogens is 2. The van der Waals surface area contributed by atoms with Crippen molar-refractivity contribution < 1.29 is 13.9 Å². The van der Waals surface area contributed by atoms with Crippen molar-refractivity contribution in [2.24, 2.45) is 0 Å². The quantitative estimate of drug-likeness (QED) is 0.922. The molecule has 2 aromatic rings. The highest BCUT2D eigenvalue weighted by Gasteiger charge is 2.27. The minimum absolute atomic E-state index is 0.129. The third-order valence-corrected chi connectivity index (χ3v) is 2.98. The van der Waals surface area contributed by atoms with E-state index < -0.39 is 17.2 Å². The smallest absolute Gasteiger partial charge is 0.138 e. The third-order valence-electron chi connectivity index (χ3n) is 2.98. The molecule has 1 unspecified atom stereocenters. The largest absolute Gasteiger partial charge is 0.385 e. The molecule has 102 valence electrons. The van der Waals surface area contributed by atoms with Crippen LogP contribution in [0.4, 0.5) is 8.78 Å². The van der Waals surface area contributed by atoms with Crippen LogP contribution in [0.1, 0.15) is 25.2 Å². The zero-order valence-electron chi connectivity index (χ0n) is 10.8. The van der Waals surface area contributed by atoms with Crippen LogP contribution in [0, 0.1) is 11.6 Å². The van der Waals surface area contributed by atoms with E-state index in [0.29, 0.717) is 12.4 Å². The summed E-state index contributed by atoms with van der Waals surface area (Å²) in [6.45, 7) is 4.01. The Morgan fingerprint density at radius 3 is 2.47 bits per heavy atom. The Hall–Kier alpha value is -1.82. The molecule has 0 fully saturated rings. The summed E-state index contributed by atoms with van der Waals surface area (Å²) in [5.74, 6) is -0.864. The molecule has 1 aromatic carbocycles. The minimum Gasteiger partial charge on any atom is -0.385 e. The SMILES string of the molecule is CCn1ncnc1CC(C)(O)c1cc(F)cc(F)c1. The molecule has 19 heavy (non-hydrogen) atoms. The summed E-state index contributed by atoms with van der Waals surface area (Å²) in [5.41, 5.74) is -1.24. The van der Waals surface area contributed by atoms with Gasteiger partial charge in [0.2, 0.25) is 0 Å². The van der Waals surface area contributed by atoms with E-state index in [1.54, 1.807) is 4.68 Å². The van der Waals surface area contributed by atoms with Crippen LogP contribution < -0.4 is 0 Å². The molecular formula is C13H15F2N3O. The van der Waals surface area contributed by atoms with Gasteiger partial charge >= 0.3 is 0 Å². The molecule has 0 amide bonds. The molecule has 0 saturated heterocycles. The monoisotopic (exact) mass is 267 g/mol. The highest BCUT2D eigenvalue weighted by atomic mass is 19.1. The fraction of sp³-hybridized carbons (Fsp3) is 0.385. The number of benzene rings is 1. The Bertz CT molecular complexity index is 561. The van der Waals surface area contributed by atoms with Crippen molar-refractivity contribution in [2.45, 2.75) is 32.4 Å². The van der Waals surface area contributed by atoms with Crippen LogP contribution in [0.5, 0.6) is 0 Å². The number of hydrogen-bond donors (Lipinski definition) is 1. The van der Waals surface area contributed by atoms with Gasteiger partial charge in [0.05, 0.1) is 5.60 Å². The molecule has 0 bridgehead atoms. The summed E-state index contributed by atoms with van der Waals surface area (Å²) in [6.07, 6.45) is 1.52. The van der Waals surface area contributed by atoms with Gasteiger partial charge in [0.25, 0.3) is 0 Å². The number of rotatable bonds is 4. The summed E-state index contributed by atoms with van der Waals surface area (Å²) >= 11 is 0. The molecule has 1 aromatic heterocycles. The van der Waals surface area contributed by atoms with Crippen molar-refractivity contribution in [1.29, 1.82) is 0 Å². The number of aromatic nitrogens is 3. The number of aliphatic hydroxyl groups is 1. The lowest BCUT2D eigenvalue weighted by atomic mass is 9.92. The number of aryl methyl sites for hydroxylation is 1. The van der Waals surface area contributed by atoms with Crippen molar-refractivity contribution in [3.05, 3.63) is 47.5 Å². The van der Waals surface area contributed by atoms with Crippen LogP contribution >= 0.6 is 0 Å². The van der Waals surface area contributed by atoms with Crippen LogP contribution in [0.2, 0.25) is 0 Å². The molecule has 0 spiro atoms. The molecule has 0 saturated carbocycles. The van der Waals surface area contributed by atoms with Gasteiger partial charge in [-0.3, -0.25) is 4.68 Å². The minimum atomic E-state index is -1.41. The van der Waals surface area contributed by atoms with E-state index in [2.05, 4.69) is 10.1 Å². The van der Waals surface area contributed by atoms with Crippen LogP contribution in [0.15, 0.2) is 24.5 Å². The molecule has 1 atom stereocenters. The van der Waals surface area contributed by atoms with E-state index in [-0.39, 0.29) is 12.0 Å². The predicted molar refractivity (Wildman–Crippen MR) is 65.3 cm³/mol. The second-order valence-corrected chi connectivity index (χ2v) is 4.60. The first-order chi connectivity index (χ1) is 8.92. The van der Waals surface area contributed by atoms with Crippen LogP contribution in [-0.4, -0.2) is 19.9 Å². The molecular weight excluding hydrogens is 252 g/mol. The van der Waals surface area contributed by atoms with Gasteiger partial charge in [0.1, 0.15) is 23.8 Å². The summed E-state index contributed by atoms with van der Waals surface area (Å²) in [5, 5.41) is 14.4. The first kappa shape index (κ1) is 13.6. The van der Waals surface area contributed by atoms with Gasteiger partial charge in [-0.2, -0.15) is 5.10 Å². The lowest BCUT2D eigenvalue weighted by molar-refractivity contribution is 0.0536. The molecule has 0 aliphatic heterocycles. The second kappa shape index (κ2) is 5.05. The maximum absolute atomic E-state index is 13.2. The molecule has 4 nitrogen and oxygen atoms in total. The Morgan fingerprint density at radius 1 is 1.26 bits per heavy atom. The van der Waals surface area contributed by atoms with E-state index in [1.165, 1.54) is 13.3 Å². The van der Waals surface area contributed by atoms with Crippen molar-refractivity contribution in [1.82, 2.24) is 14.8 Å². The fourth-order valence-corrected chi connectivity index (χ4v) is 1.96. The van der Waals surface area contributed by atoms with Crippen molar-refractivity contribution in [3.63, 3.8) is 0 Å². The first-order valence-corrected chi connectivity index (χ1v) is 5.98. The zero-order chi connectivity index (χ0) is 14.0. The molecule has 0 radical (unpaired) electrons. The highest BCUT2D eigenvalue weighted by Crippen LogP contribution is 2.26. The lowest BCUT2D eigenvalue weighted by Gasteiger charge is -2.23. The number of hydrogen-bond acceptors (Lipinski definition) is 3. The van der Waals surface area contributed by atoms with Crippen LogP contribution in [0.25, 0.3) is 0 Å². The summed E-state index contributed by atoms with van der Waals surface area (Å²) in [4.78, 5) is 4.05. The second-order valence-electron chi connectivity index (χ2n) is 4.60. The maximum Gasteiger partial charge on any atom is 0.138 e. The molecule has 0 aliphatic carbocycles. The van der Waals surface area contributed by atoms with Crippen LogP contribution in [0.3, 0.4) is 0 Å². The van der Waals surface area contributed by atoms with E-state index in [1.807, 2.05) is 6.92 Å². The Morgan fingerprint density at radius 2 is 1.89 bits per heavy atom. The third kappa shape index (κ3) is 2.96. The van der Waals surface area contributed by atoms with Gasteiger partial charge in [-0.25, -0.2) is 13.8 Å². The van der Waals surface area contributed by atoms with Gasteiger partial charge in [0.15, 0.2) is 0 Å². The van der Waals surface area contributed by atoms with E-state index >= 15 is 0 Å². The molecule has 6 heteroatoms. The van der Waals surface area contributed by atoms with Crippen LogP contribution in [-0.2, 0) is 18.6 Å².